The summed E-state index contributed by atoms with van der Waals surface area (Å²) in [6, 6.07) is 4.33. The minimum atomic E-state index is 0.833. The van der Waals surface area contributed by atoms with Gasteiger partial charge in [0.15, 0.2) is 0 Å². The molecule has 0 unspecified atom stereocenters. The van der Waals surface area contributed by atoms with Crippen molar-refractivity contribution in [3.8, 4) is 5.75 Å². The highest BCUT2D eigenvalue weighted by Gasteiger charge is 2.16. The minimum absolute atomic E-state index is 0.833. The number of rotatable bonds is 4. The van der Waals surface area contributed by atoms with E-state index in [0.717, 1.165) is 38.3 Å². The van der Waals surface area contributed by atoms with Crippen LogP contribution in [0.25, 0.3) is 0 Å². The molecule has 1 heterocycles. The highest BCUT2D eigenvalue weighted by Crippen LogP contribution is 2.33. The molecule has 0 amide bonds. The second-order valence-electron chi connectivity index (χ2n) is 3.76. The zero-order valence-electron chi connectivity index (χ0n) is 8.98. The molecule has 2 rings (SSSR count). The van der Waals surface area contributed by atoms with Gasteiger partial charge in [-0.15, -0.1) is 0 Å². The third-order valence-electron chi connectivity index (χ3n) is 2.65. The van der Waals surface area contributed by atoms with Gasteiger partial charge in [-0.2, -0.15) is 0 Å². The molecule has 15 heavy (non-hydrogen) atoms. The van der Waals surface area contributed by atoms with Crippen molar-refractivity contribution in [2.24, 2.45) is 0 Å². The molecule has 0 atom stereocenters. The Labute approximate surface area is 99.1 Å². The van der Waals surface area contributed by atoms with Crippen LogP contribution in [0.15, 0.2) is 16.6 Å². The molecule has 0 saturated carbocycles. The fourth-order valence-electron chi connectivity index (χ4n) is 1.93. The van der Waals surface area contributed by atoms with E-state index in [1.807, 2.05) is 0 Å². The summed E-state index contributed by atoms with van der Waals surface area (Å²) in [5.41, 5.74) is 2.66. The van der Waals surface area contributed by atoms with Gasteiger partial charge in [0.05, 0.1) is 6.61 Å². The fourth-order valence-corrected chi connectivity index (χ4v) is 2.48. The second kappa shape index (κ2) is 4.99. The first-order chi connectivity index (χ1) is 7.31. The van der Waals surface area contributed by atoms with Gasteiger partial charge in [0.25, 0.3) is 0 Å². The summed E-state index contributed by atoms with van der Waals surface area (Å²) in [6.45, 7) is 5.00. The standard InChI is InChI=1S/C12H16BrNO/c1-2-14-5-3-9-7-11(13)8-10-4-6-15-12(9)10/h7-8,14H,2-6H2,1H3. The van der Waals surface area contributed by atoms with Gasteiger partial charge in [-0.05, 0) is 42.8 Å². The van der Waals surface area contributed by atoms with Crippen LogP contribution in [-0.4, -0.2) is 19.7 Å². The molecule has 3 heteroatoms. The van der Waals surface area contributed by atoms with Crippen molar-refractivity contribution in [2.45, 2.75) is 19.8 Å². The summed E-state index contributed by atoms with van der Waals surface area (Å²) in [5, 5.41) is 3.34. The lowest BCUT2D eigenvalue weighted by Gasteiger charge is -2.09. The quantitative estimate of drug-likeness (QED) is 0.849. The predicted molar refractivity (Wildman–Crippen MR) is 65.6 cm³/mol. The molecule has 0 aliphatic carbocycles. The van der Waals surface area contributed by atoms with Gasteiger partial charge in [-0.1, -0.05) is 22.9 Å². The fraction of sp³-hybridized carbons (Fsp3) is 0.500. The van der Waals surface area contributed by atoms with Gasteiger partial charge >= 0.3 is 0 Å². The van der Waals surface area contributed by atoms with Crippen molar-refractivity contribution in [1.82, 2.24) is 5.32 Å². The first kappa shape index (κ1) is 11.0. The minimum Gasteiger partial charge on any atom is -0.493 e. The Kier molecular flexibility index (Phi) is 3.65. The van der Waals surface area contributed by atoms with Crippen molar-refractivity contribution in [3.63, 3.8) is 0 Å². The molecule has 0 saturated heterocycles. The number of nitrogens with one attached hydrogen (secondary N) is 1. The van der Waals surface area contributed by atoms with E-state index in [-0.39, 0.29) is 0 Å². The predicted octanol–water partition coefficient (Wildman–Crippen LogP) is 2.54. The Morgan fingerprint density at radius 2 is 2.33 bits per heavy atom. The highest BCUT2D eigenvalue weighted by molar-refractivity contribution is 9.10. The topological polar surface area (TPSA) is 21.3 Å². The maximum Gasteiger partial charge on any atom is 0.125 e. The Morgan fingerprint density at radius 1 is 1.47 bits per heavy atom. The molecule has 1 aliphatic rings. The molecule has 1 N–H and O–H groups in total. The molecule has 1 aliphatic heterocycles. The number of benzene rings is 1. The van der Waals surface area contributed by atoms with Crippen molar-refractivity contribution in [1.29, 1.82) is 0 Å². The maximum atomic E-state index is 5.67. The van der Waals surface area contributed by atoms with E-state index in [2.05, 4.69) is 40.3 Å². The SMILES string of the molecule is CCNCCc1cc(Br)cc2c1OCC2. The van der Waals surface area contributed by atoms with Crippen LogP contribution in [-0.2, 0) is 12.8 Å². The van der Waals surface area contributed by atoms with E-state index >= 15 is 0 Å². The molecular formula is C12H16BrNO. The van der Waals surface area contributed by atoms with Crippen LogP contribution in [0.5, 0.6) is 5.75 Å². The number of halogens is 1. The Bertz CT molecular complexity index is 352. The molecule has 0 fully saturated rings. The third-order valence-corrected chi connectivity index (χ3v) is 3.10. The lowest BCUT2D eigenvalue weighted by molar-refractivity contribution is 0.353. The summed E-state index contributed by atoms with van der Waals surface area (Å²) in [7, 11) is 0. The van der Waals surface area contributed by atoms with Crippen LogP contribution in [0.3, 0.4) is 0 Å². The van der Waals surface area contributed by atoms with Crippen molar-refractivity contribution in [3.05, 3.63) is 27.7 Å². The van der Waals surface area contributed by atoms with E-state index in [1.54, 1.807) is 0 Å². The highest BCUT2D eigenvalue weighted by atomic mass is 79.9. The Morgan fingerprint density at radius 3 is 3.13 bits per heavy atom. The van der Waals surface area contributed by atoms with E-state index in [0.29, 0.717) is 0 Å². The zero-order valence-corrected chi connectivity index (χ0v) is 10.6. The van der Waals surface area contributed by atoms with E-state index in [9.17, 15) is 0 Å². The molecule has 82 valence electrons. The van der Waals surface area contributed by atoms with Gasteiger partial charge in [0.1, 0.15) is 5.75 Å². The van der Waals surface area contributed by atoms with Crippen LogP contribution in [0.2, 0.25) is 0 Å². The van der Waals surface area contributed by atoms with E-state index in [1.165, 1.54) is 15.6 Å². The van der Waals surface area contributed by atoms with Gasteiger partial charge in [-0.3, -0.25) is 0 Å². The summed E-state index contributed by atoms with van der Waals surface area (Å²) in [4.78, 5) is 0. The average molecular weight is 270 g/mol. The van der Waals surface area contributed by atoms with Crippen LogP contribution in [0.1, 0.15) is 18.1 Å². The van der Waals surface area contributed by atoms with Crippen LogP contribution in [0, 0.1) is 0 Å². The van der Waals surface area contributed by atoms with E-state index in [4.69, 9.17) is 4.74 Å². The molecule has 0 spiro atoms. The largest absolute Gasteiger partial charge is 0.493 e. The van der Waals surface area contributed by atoms with Gasteiger partial charge in [-0.25, -0.2) is 0 Å². The van der Waals surface area contributed by atoms with Crippen molar-refractivity contribution < 1.29 is 4.74 Å². The van der Waals surface area contributed by atoms with E-state index < -0.39 is 0 Å². The maximum absolute atomic E-state index is 5.67. The summed E-state index contributed by atoms with van der Waals surface area (Å²) >= 11 is 3.55. The Hall–Kier alpha value is -0.540. The molecule has 0 aromatic heterocycles. The normalized spacial score (nSPS) is 13.7. The molecule has 2 nitrogen and oxygen atoms in total. The molecule has 0 bridgehead atoms. The second-order valence-corrected chi connectivity index (χ2v) is 4.67. The number of fused-ring (bicyclic) bond motifs is 1. The first-order valence-corrected chi connectivity index (χ1v) is 6.25. The van der Waals surface area contributed by atoms with Crippen LogP contribution in [0.4, 0.5) is 0 Å². The Balaban J connectivity index is 2.15. The lowest BCUT2D eigenvalue weighted by Crippen LogP contribution is -2.16. The smallest absolute Gasteiger partial charge is 0.125 e. The summed E-state index contributed by atoms with van der Waals surface area (Å²) in [5.74, 6) is 1.12. The molecule has 0 radical (unpaired) electrons. The van der Waals surface area contributed by atoms with Crippen LogP contribution >= 0.6 is 15.9 Å². The van der Waals surface area contributed by atoms with Gasteiger partial charge in [0, 0.05) is 10.9 Å². The zero-order chi connectivity index (χ0) is 10.7. The first-order valence-electron chi connectivity index (χ1n) is 5.46. The molecule has 1 aromatic carbocycles. The lowest BCUT2D eigenvalue weighted by atomic mass is 10.1. The van der Waals surface area contributed by atoms with Gasteiger partial charge in [0.2, 0.25) is 0 Å². The summed E-state index contributed by atoms with van der Waals surface area (Å²) in [6.07, 6.45) is 2.08. The number of hydrogen-bond donors (Lipinski definition) is 1. The number of likely N-dealkylation sites (N-methyl/N-ethyl adjacent to an activating group) is 1. The molecule has 1 aromatic rings. The van der Waals surface area contributed by atoms with Crippen molar-refractivity contribution in [2.75, 3.05) is 19.7 Å². The number of hydrogen-bond acceptors (Lipinski definition) is 2. The van der Waals surface area contributed by atoms with Crippen LogP contribution < -0.4 is 10.1 Å². The monoisotopic (exact) mass is 269 g/mol. The molecular weight excluding hydrogens is 254 g/mol. The number of ether oxygens (including phenoxy) is 1. The average Bonchev–Trinajstić information content (AvgIpc) is 2.65. The van der Waals surface area contributed by atoms with Crippen molar-refractivity contribution >= 4 is 15.9 Å². The summed E-state index contributed by atoms with van der Waals surface area (Å²) < 4.78 is 6.83. The van der Waals surface area contributed by atoms with Gasteiger partial charge < -0.3 is 10.1 Å². The third kappa shape index (κ3) is 2.52.